The van der Waals surface area contributed by atoms with Crippen LogP contribution >= 0.6 is 0 Å². The summed E-state index contributed by atoms with van der Waals surface area (Å²) in [5.74, 6) is 0.709. The van der Waals surface area contributed by atoms with Crippen LogP contribution in [0.25, 0.3) is 11.1 Å². The SMILES string of the molecule is CCCCOc1ccc(CCC(=O)OC)cc1-c1ccccc1. The van der Waals surface area contributed by atoms with Gasteiger partial charge in [-0.05, 0) is 36.1 Å². The second-order valence-corrected chi connectivity index (χ2v) is 5.47. The van der Waals surface area contributed by atoms with Crippen LogP contribution in [0, 0.1) is 0 Å². The molecular formula is C20H24O3. The summed E-state index contributed by atoms with van der Waals surface area (Å²) < 4.78 is 10.7. The monoisotopic (exact) mass is 312 g/mol. The number of rotatable bonds is 8. The molecule has 3 heteroatoms. The van der Waals surface area contributed by atoms with E-state index < -0.39 is 0 Å². The highest BCUT2D eigenvalue weighted by molar-refractivity contribution is 5.72. The predicted molar refractivity (Wildman–Crippen MR) is 92.6 cm³/mol. The van der Waals surface area contributed by atoms with Crippen molar-refractivity contribution in [3.63, 3.8) is 0 Å². The quantitative estimate of drug-likeness (QED) is 0.526. The van der Waals surface area contributed by atoms with E-state index in [0.717, 1.165) is 41.9 Å². The van der Waals surface area contributed by atoms with Crippen molar-refractivity contribution < 1.29 is 14.3 Å². The summed E-state index contributed by atoms with van der Waals surface area (Å²) in [5.41, 5.74) is 3.31. The van der Waals surface area contributed by atoms with Gasteiger partial charge in [0.25, 0.3) is 0 Å². The molecule has 0 heterocycles. The van der Waals surface area contributed by atoms with Crippen LogP contribution in [0.1, 0.15) is 31.7 Å². The van der Waals surface area contributed by atoms with Crippen LogP contribution in [0.2, 0.25) is 0 Å². The summed E-state index contributed by atoms with van der Waals surface area (Å²) in [6.45, 7) is 2.87. The molecule has 0 N–H and O–H groups in total. The Morgan fingerprint density at radius 2 is 1.87 bits per heavy atom. The van der Waals surface area contributed by atoms with Gasteiger partial charge in [0.15, 0.2) is 0 Å². The highest BCUT2D eigenvalue weighted by Crippen LogP contribution is 2.31. The van der Waals surface area contributed by atoms with Gasteiger partial charge >= 0.3 is 5.97 Å². The van der Waals surface area contributed by atoms with Crippen LogP contribution in [-0.2, 0) is 16.0 Å². The summed E-state index contributed by atoms with van der Waals surface area (Å²) in [5, 5.41) is 0. The zero-order valence-corrected chi connectivity index (χ0v) is 13.9. The molecule has 0 atom stereocenters. The topological polar surface area (TPSA) is 35.5 Å². The number of methoxy groups -OCH3 is 1. The van der Waals surface area contributed by atoms with E-state index in [1.807, 2.05) is 30.3 Å². The van der Waals surface area contributed by atoms with Crippen LogP contribution in [-0.4, -0.2) is 19.7 Å². The zero-order chi connectivity index (χ0) is 16.5. The molecule has 2 aromatic carbocycles. The predicted octanol–water partition coefficient (Wildman–Crippen LogP) is 4.64. The molecule has 0 aliphatic rings. The van der Waals surface area contributed by atoms with Crippen molar-refractivity contribution in [1.29, 1.82) is 0 Å². The highest BCUT2D eigenvalue weighted by Gasteiger charge is 2.09. The first-order chi connectivity index (χ1) is 11.2. The van der Waals surface area contributed by atoms with E-state index in [2.05, 4.69) is 25.1 Å². The molecule has 0 unspecified atom stereocenters. The van der Waals surface area contributed by atoms with Gasteiger partial charge in [-0.3, -0.25) is 4.79 Å². The minimum Gasteiger partial charge on any atom is -0.493 e. The lowest BCUT2D eigenvalue weighted by Gasteiger charge is -2.13. The van der Waals surface area contributed by atoms with Crippen molar-refractivity contribution in [3.05, 3.63) is 54.1 Å². The Morgan fingerprint density at radius 3 is 2.57 bits per heavy atom. The molecule has 0 aliphatic heterocycles. The van der Waals surface area contributed by atoms with Gasteiger partial charge in [-0.25, -0.2) is 0 Å². The van der Waals surface area contributed by atoms with E-state index in [9.17, 15) is 4.79 Å². The normalized spacial score (nSPS) is 10.3. The van der Waals surface area contributed by atoms with Gasteiger partial charge < -0.3 is 9.47 Å². The summed E-state index contributed by atoms with van der Waals surface area (Å²) in [6.07, 6.45) is 3.21. The Labute approximate surface area is 138 Å². The van der Waals surface area contributed by atoms with Gasteiger partial charge in [0.05, 0.1) is 13.7 Å². The number of hydrogen-bond acceptors (Lipinski definition) is 3. The summed E-state index contributed by atoms with van der Waals surface area (Å²) in [4.78, 5) is 11.3. The van der Waals surface area contributed by atoms with Crippen molar-refractivity contribution in [1.82, 2.24) is 0 Å². The third kappa shape index (κ3) is 5.13. The van der Waals surface area contributed by atoms with Crippen molar-refractivity contribution in [2.75, 3.05) is 13.7 Å². The first-order valence-corrected chi connectivity index (χ1v) is 8.12. The molecule has 0 aromatic heterocycles. The number of benzene rings is 2. The van der Waals surface area contributed by atoms with Crippen molar-refractivity contribution in [2.45, 2.75) is 32.6 Å². The molecule has 0 spiro atoms. The lowest BCUT2D eigenvalue weighted by molar-refractivity contribution is -0.140. The molecule has 0 fully saturated rings. The van der Waals surface area contributed by atoms with E-state index in [1.165, 1.54) is 7.11 Å². The Hall–Kier alpha value is -2.29. The van der Waals surface area contributed by atoms with E-state index in [1.54, 1.807) is 0 Å². The van der Waals surface area contributed by atoms with E-state index in [0.29, 0.717) is 12.8 Å². The van der Waals surface area contributed by atoms with Gasteiger partial charge in [0.1, 0.15) is 5.75 Å². The van der Waals surface area contributed by atoms with E-state index in [4.69, 9.17) is 9.47 Å². The van der Waals surface area contributed by atoms with Gasteiger partial charge in [-0.15, -0.1) is 0 Å². The second-order valence-electron chi connectivity index (χ2n) is 5.47. The minimum absolute atomic E-state index is 0.186. The summed E-state index contributed by atoms with van der Waals surface area (Å²) >= 11 is 0. The zero-order valence-electron chi connectivity index (χ0n) is 13.9. The van der Waals surface area contributed by atoms with Crippen LogP contribution in [0.3, 0.4) is 0 Å². The van der Waals surface area contributed by atoms with E-state index in [-0.39, 0.29) is 5.97 Å². The Balaban J connectivity index is 2.23. The largest absolute Gasteiger partial charge is 0.493 e. The van der Waals surface area contributed by atoms with Gasteiger partial charge in [0, 0.05) is 12.0 Å². The maximum Gasteiger partial charge on any atom is 0.305 e. The molecule has 23 heavy (non-hydrogen) atoms. The minimum atomic E-state index is -0.186. The number of esters is 1. The first-order valence-electron chi connectivity index (χ1n) is 8.12. The third-order valence-corrected chi connectivity index (χ3v) is 3.73. The van der Waals surface area contributed by atoms with Crippen LogP contribution in [0.15, 0.2) is 48.5 Å². The van der Waals surface area contributed by atoms with Gasteiger partial charge in [-0.1, -0.05) is 49.7 Å². The maximum absolute atomic E-state index is 11.3. The molecule has 0 radical (unpaired) electrons. The Morgan fingerprint density at radius 1 is 1.09 bits per heavy atom. The number of unbranched alkanes of at least 4 members (excludes halogenated alkanes) is 1. The number of hydrogen-bond donors (Lipinski definition) is 0. The molecule has 0 saturated carbocycles. The average molecular weight is 312 g/mol. The molecule has 3 nitrogen and oxygen atoms in total. The maximum atomic E-state index is 11.3. The van der Waals surface area contributed by atoms with Gasteiger partial charge in [-0.2, -0.15) is 0 Å². The first kappa shape index (κ1) is 17.1. The third-order valence-electron chi connectivity index (χ3n) is 3.73. The standard InChI is InChI=1S/C20H24O3/c1-3-4-14-23-19-12-10-16(11-13-20(21)22-2)15-18(19)17-8-6-5-7-9-17/h5-10,12,15H,3-4,11,13-14H2,1-2H3. The fourth-order valence-corrected chi connectivity index (χ4v) is 2.38. The lowest BCUT2D eigenvalue weighted by atomic mass is 10.00. The van der Waals surface area contributed by atoms with Crippen molar-refractivity contribution in [2.24, 2.45) is 0 Å². The Bertz CT molecular complexity index is 620. The summed E-state index contributed by atoms with van der Waals surface area (Å²) in [6, 6.07) is 16.3. The lowest BCUT2D eigenvalue weighted by Crippen LogP contribution is -2.03. The van der Waals surface area contributed by atoms with Crippen molar-refractivity contribution in [3.8, 4) is 16.9 Å². The van der Waals surface area contributed by atoms with Crippen LogP contribution in [0.4, 0.5) is 0 Å². The smallest absolute Gasteiger partial charge is 0.305 e. The molecule has 2 aromatic rings. The van der Waals surface area contributed by atoms with Crippen LogP contribution in [0.5, 0.6) is 5.75 Å². The highest BCUT2D eigenvalue weighted by atomic mass is 16.5. The molecule has 0 aliphatic carbocycles. The second kappa shape index (κ2) is 8.99. The fraction of sp³-hybridized carbons (Fsp3) is 0.350. The molecule has 0 amide bonds. The molecular weight excluding hydrogens is 288 g/mol. The molecule has 2 rings (SSSR count). The Kier molecular flexibility index (Phi) is 6.67. The summed E-state index contributed by atoms with van der Waals surface area (Å²) in [7, 11) is 1.42. The van der Waals surface area contributed by atoms with E-state index >= 15 is 0 Å². The molecule has 0 saturated heterocycles. The van der Waals surface area contributed by atoms with Crippen molar-refractivity contribution >= 4 is 5.97 Å². The number of aryl methyl sites for hydroxylation is 1. The fourth-order valence-electron chi connectivity index (χ4n) is 2.38. The van der Waals surface area contributed by atoms with Gasteiger partial charge in [0.2, 0.25) is 0 Å². The average Bonchev–Trinajstić information content (AvgIpc) is 2.61. The molecule has 0 bridgehead atoms. The van der Waals surface area contributed by atoms with Crippen LogP contribution < -0.4 is 4.74 Å². The number of carbonyl (C=O) groups is 1. The molecule has 122 valence electrons. The number of carbonyl (C=O) groups excluding carboxylic acids is 1. The number of ether oxygens (including phenoxy) is 2.